The number of nitrogens with zero attached hydrogens (tertiary/aromatic N) is 1. The van der Waals surface area contributed by atoms with Gasteiger partial charge in [-0.2, -0.15) is 0 Å². The Morgan fingerprint density at radius 1 is 1.14 bits per heavy atom. The van der Waals surface area contributed by atoms with Crippen LogP contribution in [0.15, 0.2) is 33.5 Å². The van der Waals surface area contributed by atoms with Crippen molar-refractivity contribution in [2.45, 2.75) is 40.0 Å². The van der Waals surface area contributed by atoms with Gasteiger partial charge in [0, 0.05) is 17.7 Å². The Kier molecular flexibility index (Phi) is 3.84. The van der Waals surface area contributed by atoms with Gasteiger partial charge in [-0.3, -0.25) is 4.79 Å². The van der Waals surface area contributed by atoms with E-state index in [1.165, 1.54) is 5.56 Å². The first kappa shape index (κ1) is 14.6. The first-order valence-corrected chi connectivity index (χ1v) is 7.65. The molecule has 0 aliphatic carbocycles. The Bertz CT molecular complexity index is 841. The van der Waals surface area contributed by atoms with E-state index in [1.807, 2.05) is 38.1 Å². The number of H-pyrrole nitrogens is 1. The average Bonchev–Trinajstić information content (AvgIpc) is 2.89. The summed E-state index contributed by atoms with van der Waals surface area (Å²) in [5.74, 6) is 0.679. The molecule has 4 heteroatoms. The van der Waals surface area contributed by atoms with E-state index in [4.69, 9.17) is 4.42 Å². The first-order chi connectivity index (χ1) is 10.6. The van der Waals surface area contributed by atoms with Crippen molar-refractivity contribution in [2.24, 2.45) is 0 Å². The van der Waals surface area contributed by atoms with Gasteiger partial charge in [-0.15, -0.1) is 0 Å². The van der Waals surface area contributed by atoms with Gasteiger partial charge in [0.2, 0.25) is 0 Å². The van der Waals surface area contributed by atoms with Crippen LogP contribution in [0.25, 0.3) is 11.1 Å². The van der Waals surface area contributed by atoms with Crippen molar-refractivity contribution in [2.75, 3.05) is 0 Å². The molecule has 0 spiro atoms. The maximum Gasteiger partial charge on any atom is 0.251 e. The molecule has 0 unspecified atom stereocenters. The van der Waals surface area contributed by atoms with E-state index in [1.54, 1.807) is 0 Å². The summed E-state index contributed by atoms with van der Waals surface area (Å²) in [5, 5.41) is 0. The number of nitrogens with one attached hydrogen (secondary N) is 1. The number of aryl methyl sites for hydroxylation is 2. The maximum absolute atomic E-state index is 12.2. The normalized spacial score (nSPS) is 11.2. The second kappa shape index (κ2) is 5.79. The van der Waals surface area contributed by atoms with E-state index in [2.05, 4.69) is 16.9 Å². The quantitative estimate of drug-likeness (QED) is 0.802. The molecule has 0 aliphatic rings. The molecule has 4 nitrogen and oxygen atoms in total. The minimum absolute atomic E-state index is 0.00307. The number of rotatable bonds is 4. The van der Waals surface area contributed by atoms with Crippen LogP contribution in [0.4, 0.5) is 0 Å². The SMILES string of the molecule is CCc1c(C)[nH]c(=O)c(CCc2nc3ccccc3o2)c1C. The van der Waals surface area contributed by atoms with Gasteiger partial charge >= 0.3 is 0 Å². The van der Waals surface area contributed by atoms with Crippen molar-refractivity contribution in [3.8, 4) is 0 Å². The van der Waals surface area contributed by atoms with Gasteiger partial charge in [-0.1, -0.05) is 19.1 Å². The summed E-state index contributed by atoms with van der Waals surface area (Å²) in [4.78, 5) is 19.6. The summed E-state index contributed by atoms with van der Waals surface area (Å²) >= 11 is 0. The molecule has 0 amide bonds. The van der Waals surface area contributed by atoms with Gasteiger partial charge < -0.3 is 9.40 Å². The smallest absolute Gasteiger partial charge is 0.251 e. The molecule has 0 atom stereocenters. The predicted molar refractivity (Wildman–Crippen MR) is 87.3 cm³/mol. The molecule has 1 aromatic carbocycles. The number of hydrogen-bond acceptors (Lipinski definition) is 3. The number of benzene rings is 1. The number of aromatic nitrogens is 2. The molecule has 3 rings (SSSR count). The number of para-hydroxylation sites is 2. The lowest BCUT2D eigenvalue weighted by Gasteiger charge is -2.11. The average molecular weight is 296 g/mol. The first-order valence-electron chi connectivity index (χ1n) is 7.65. The highest BCUT2D eigenvalue weighted by Crippen LogP contribution is 2.18. The molecule has 0 saturated carbocycles. The number of pyridine rings is 1. The second-order valence-electron chi connectivity index (χ2n) is 5.59. The zero-order valence-electron chi connectivity index (χ0n) is 13.2. The largest absolute Gasteiger partial charge is 0.441 e. The third-order valence-corrected chi connectivity index (χ3v) is 4.21. The number of oxazole rings is 1. The highest BCUT2D eigenvalue weighted by Gasteiger charge is 2.13. The minimum Gasteiger partial charge on any atom is -0.441 e. The molecule has 0 saturated heterocycles. The molecule has 114 valence electrons. The zero-order chi connectivity index (χ0) is 15.7. The van der Waals surface area contributed by atoms with Crippen LogP contribution in [0.1, 0.15) is 35.2 Å². The summed E-state index contributed by atoms with van der Waals surface area (Å²) in [6.45, 7) is 6.10. The zero-order valence-corrected chi connectivity index (χ0v) is 13.2. The van der Waals surface area contributed by atoms with Gasteiger partial charge in [-0.25, -0.2) is 4.98 Å². The Balaban J connectivity index is 1.89. The van der Waals surface area contributed by atoms with Gasteiger partial charge in [0.15, 0.2) is 11.5 Å². The van der Waals surface area contributed by atoms with Gasteiger partial charge in [0.25, 0.3) is 5.56 Å². The van der Waals surface area contributed by atoms with Gasteiger partial charge in [0.1, 0.15) is 5.52 Å². The number of aromatic amines is 1. The van der Waals surface area contributed by atoms with Crippen molar-refractivity contribution in [1.29, 1.82) is 0 Å². The molecule has 0 radical (unpaired) electrons. The van der Waals surface area contributed by atoms with Crippen LogP contribution in [0, 0.1) is 13.8 Å². The third kappa shape index (κ3) is 2.56. The van der Waals surface area contributed by atoms with Crippen molar-refractivity contribution in [1.82, 2.24) is 9.97 Å². The molecule has 2 aromatic heterocycles. The molecule has 0 aliphatic heterocycles. The van der Waals surface area contributed by atoms with E-state index < -0.39 is 0 Å². The highest BCUT2D eigenvalue weighted by molar-refractivity contribution is 5.72. The molecular formula is C18H20N2O2. The van der Waals surface area contributed by atoms with E-state index in [0.717, 1.165) is 34.3 Å². The van der Waals surface area contributed by atoms with Crippen LogP contribution in [0.3, 0.4) is 0 Å². The Morgan fingerprint density at radius 3 is 2.64 bits per heavy atom. The monoisotopic (exact) mass is 296 g/mol. The number of hydrogen-bond donors (Lipinski definition) is 1. The summed E-state index contributed by atoms with van der Waals surface area (Å²) < 4.78 is 5.73. The Morgan fingerprint density at radius 2 is 1.91 bits per heavy atom. The maximum atomic E-state index is 12.2. The van der Waals surface area contributed by atoms with Crippen molar-refractivity contribution in [3.05, 3.63) is 62.9 Å². The fourth-order valence-electron chi connectivity index (χ4n) is 3.05. The second-order valence-corrected chi connectivity index (χ2v) is 5.59. The lowest BCUT2D eigenvalue weighted by Crippen LogP contribution is -2.19. The standard InChI is InChI=1S/C18H20N2O2/c1-4-13-11(2)14(18(21)19-12(13)3)9-10-17-20-15-7-5-6-8-16(15)22-17/h5-8H,4,9-10H2,1-3H3,(H,19,21). The fraction of sp³-hybridized carbons (Fsp3) is 0.333. The van der Waals surface area contributed by atoms with Crippen LogP contribution in [-0.4, -0.2) is 9.97 Å². The Labute approximate surface area is 129 Å². The molecule has 22 heavy (non-hydrogen) atoms. The third-order valence-electron chi connectivity index (χ3n) is 4.21. The molecule has 3 aromatic rings. The minimum atomic E-state index is 0.00307. The van der Waals surface area contributed by atoms with Crippen LogP contribution in [0.5, 0.6) is 0 Å². The summed E-state index contributed by atoms with van der Waals surface area (Å²) in [6, 6.07) is 7.71. The highest BCUT2D eigenvalue weighted by atomic mass is 16.3. The van der Waals surface area contributed by atoms with Crippen molar-refractivity contribution in [3.63, 3.8) is 0 Å². The van der Waals surface area contributed by atoms with Crippen molar-refractivity contribution < 1.29 is 4.42 Å². The summed E-state index contributed by atoms with van der Waals surface area (Å²) in [7, 11) is 0. The van der Waals surface area contributed by atoms with Gasteiger partial charge in [0.05, 0.1) is 0 Å². The molecular weight excluding hydrogens is 276 g/mol. The van der Waals surface area contributed by atoms with Crippen LogP contribution in [0.2, 0.25) is 0 Å². The van der Waals surface area contributed by atoms with E-state index in [9.17, 15) is 4.79 Å². The Hall–Kier alpha value is -2.36. The molecule has 1 N–H and O–H groups in total. The lowest BCUT2D eigenvalue weighted by atomic mass is 9.98. The molecule has 0 bridgehead atoms. The van der Waals surface area contributed by atoms with Crippen LogP contribution < -0.4 is 5.56 Å². The fourth-order valence-corrected chi connectivity index (χ4v) is 3.05. The van der Waals surface area contributed by atoms with E-state index >= 15 is 0 Å². The molecule has 0 fully saturated rings. The number of fused-ring (bicyclic) bond motifs is 1. The summed E-state index contributed by atoms with van der Waals surface area (Å²) in [5.41, 5.74) is 5.79. The van der Waals surface area contributed by atoms with Crippen molar-refractivity contribution >= 4 is 11.1 Å². The van der Waals surface area contributed by atoms with Gasteiger partial charge in [-0.05, 0) is 49.9 Å². The van der Waals surface area contributed by atoms with E-state index in [-0.39, 0.29) is 5.56 Å². The van der Waals surface area contributed by atoms with E-state index in [0.29, 0.717) is 18.7 Å². The molecule has 2 heterocycles. The topological polar surface area (TPSA) is 58.9 Å². The van der Waals surface area contributed by atoms with Crippen LogP contribution >= 0.6 is 0 Å². The predicted octanol–water partition coefficient (Wildman–Crippen LogP) is 3.48. The summed E-state index contributed by atoms with van der Waals surface area (Å²) in [6.07, 6.45) is 2.19. The lowest BCUT2D eigenvalue weighted by molar-refractivity contribution is 0.527. The van der Waals surface area contributed by atoms with Crippen LogP contribution in [-0.2, 0) is 19.3 Å².